The molecule has 2 aromatic rings. The summed E-state index contributed by atoms with van der Waals surface area (Å²) in [6, 6.07) is 12.4. The van der Waals surface area contributed by atoms with E-state index in [-0.39, 0.29) is 23.8 Å². The number of aromatic nitrogens is 1. The highest BCUT2D eigenvalue weighted by molar-refractivity contribution is 5.96. The molecule has 2 amide bonds. The Balaban J connectivity index is 1.17. The molecule has 34 heavy (non-hydrogen) atoms. The zero-order valence-corrected chi connectivity index (χ0v) is 20.4. The van der Waals surface area contributed by atoms with Crippen LogP contribution in [0.5, 0.6) is 0 Å². The molecule has 1 aliphatic carbocycles. The second kappa shape index (κ2) is 9.87. The zero-order valence-electron chi connectivity index (χ0n) is 20.4. The average Bonchev–Trinajstić information content (AvgIpc) is 3.35. The van der Waals surface area contributed by atoms with Crippen LogP contribution >= 0.6 is 0 Å². The first-order chi connectivity index (χ1) is 16.5. The number of rotatable bonds is 7. The average molecular weight is 461 g/mol. The zero-order chi connectivity index (χ0) is 23.7. The van der Waals surface area contributed by atoms with Crippen LogP contribution in [-0.4, -0.2) is 59.3 Å². The third-order valence-corrected chi connectivity index (χ3v) is 8.14. The quantitative estimate of drug-likeness (QED) is 0.684. The molecule has 0 bridgehead atoms. The minimum Gasteiger partial charge on any atom is -0.349 e. The summed E-state index contributed by atoms with van der Waals surface area (Å²) in [5, 5.41) is 3.34. The second-order valence-corrected chi connectivity index (χ2v) is 10.5. The van der Waals surface area contributed by atoms with E-state index in [1.807, 2.05) is 30.9 Å². The number of benzene rings is 1. The molecule has 6 nitrogen and oxygen atoms in total. The molecule has 3 heterocycles. The number of carbonyl (C=O) groups excluding carboxylic acids is 2. The Hall–Kier alpha value is -2.73. The van der Waals surface area contributed by atoms with Crippen LogP contribution in [-0.2, 0) is 4.79 Å². The number of nitrogens with zero attached hydrogens (tertiary/aromatic N) is 3. The highest BCUT2D eigenvalue weighted by atomic mass is 16.2. The molecule has 1 aromatic heterocycles. The number of nitrogens with one attached hydrogen (secondary N) is 1. The normalized spacial score (nSPS) is 23.4. The van der Waals surface area contributed by atoms with Gasteiger partial charge in [0.15, 0.2) is 0 Å². The number of aryl methyl sites for hydroxylation is 2. The maximum atomic E-state index is 13.2. The van der Waals surface area contributed by atoms with Crippen LogP contribution in [0.15, 0.2) is 42.6 Å². The fraction of sp³-hybridized carbons (Fsp3) is 0.536. The number of fused-ring (bicyclic) bond motifs is 1. The highest BCUT2D eigenvalue weighted by Gasteiger charge is 2.42. The van der Waals surface area contributed by atoms with Crippen molar-refractivity contribution in [2.45, 2.75) is 45.6 Å². The molecule has 1 saturated carbocycles. The molecular weight excluding hydrogens is 424 g/mol. The Labute approximate surface area is 202 Å². The Morgan fingerprint density at radius 1 is 1.03 bits per heavy atom. The Kier molecular flexibility index (Phi) is 6.68. The van der Waals surface area contributed by atoms with Crippen molar-refractivity contribution in [3.63, 3.8) is 0 Å². The lowest BCUT2D eigenvalue weighted by atomic mass is 9.84. The summed E-state index contributed by atoms with van der Waals surface area (Å²) in [5.74, 6) is 1.61. The van der Waals surface area contributed by atoms with Crippen LogP contribution in [0.1, 0.15) is 58.9 Å². The van der Waals surface area contributed by atoms with E-state index in [9.17, 15) is 9.59 Å². The van der Waals surface area contributed by atoms with Crippen molar-refractivity contribution in [1.29, 1.82) is 0 Å². The van der Waals surface area contributed by atoms with E-state index in [1.54, 1.807) is 6.20 Å². The van der Waals surface area contributed by atoms with Gasteiger partial charge in [-0.2, -0.15) is 0 Å². The highest BCUT2D eigenvalue weighted by Crippen LogP contribution is 2.33. The standard InChI is InChI=1S/C28H36N4O2/c1-19-11-13-29-20(2)26(19)28(34)32-17-23-15-31(16-24(23)18-32)14-12-25(21-7-4-3-5-8-21)30-27(33)22-9-6-10-22/h3-5,7-8,11,13,22-25H,6,9-10,12,14-18H2,1-2H3,(H,30,33)/t23-,24?,25?/m0/s1. The Morgan fingerprint density at radius 3 is 2.35 bits per heavy atom. The topological polar surface area (TPSA) is 65.5 Å². The SMILES string of the molecule is Cc1ccnc(C)c1C(=O)N1CC2CN(CCC(NC(=O)C3CCC3)c3ccccc3)C[C@H]2C1. The van der Waals surface area contributed by atoms with Crippen LogP contribution in [0.2, 0.25) is 0 Å². The van der Waals surface area contributed by atoms with E-state index in [4.69, 9.17) is 0 Å². The lowest BCUT2D eigenvalue weighted by Crippen LogP contribution is -2.39. The summed E-state index contributed by atoms with van der Waals surface area (Å²) in [7, 11) is 0. The van der Waals surface area contributed by atoms with Crippen LogP contribution in [0.3, 0.4) is 0 Å². The van der Waals surface area contributed by atoms with Crippen molar-refractivity contribution in [3.05, 3.63) is 65.0 Å². The van der Waals surface area contributed by atoms with Gasteiger partial charge in [0.25, 0.3) is 5.91 Å². The van der Waals surface area contributed by atoms with E-state index < -0.39 is 0 Å². The van der Waals surface area contributed by atoms with Crippen molar-refractivity contribution in [2.75, 3.05) is 32.7 Å². The fourth-order valence-corrected chi connectivity index (χ4v) is 5.89. The molecule has 2 unspecified atom stereocenters. The molecular formula is C28H36N4O2. The van der Waals surface area contributed by atoms with Crippen molar-refractivity contribution in [1.82, 2.24) is 20.1 Å². The first-order valence-corrected chi connectivity index (χ1v) is 12.8. The minimum absolute atomic E-state index is 0.0596. The third-order valence-electron chi connectivity index (χ3n) is 8.14. The lowest BCUT2D eigenvalue weighted by Gasteiger charge is -2.29. The molecule has 0 spiro atoms. The lowest BCUT2D eigenvalue weighted by molar-refractivity contribution is -0.128. The van der Waals surface area contributed by atoms with Crippen LogP contribution in [0, 0.1) is 31.6 Å². The summed E-state index contributed by atoms with van der Waals surface area (Å²) in [6.07, 6.45) is 5.91. The number of likely N-dealkylation sites (tertiary alicyclic amines) is 2. The number of amides is 2. The summed E-state index contributed by atoms with van der Waals surface area (Å²) in [5.41, 5.74) is 3.78. The van der Waals surface area contributed by atoms with Gasteiger partial charge in [0, 0.05) is 44.8 Å². The Bertz CT molecular complexity index is 1000. The molecule has 6 heteroatoms. The molecule has 3 fully saturated rings. The van der Waals surface area contributed by atoms with E-state index in [1.165, 1.54) is 12.0 Å². The summed E-state index contributed by atoms with van der Waals surface area (Å²) in [6.45, 7) is 8.59. The van der Waals surface area contributed by atoms with Gasteiger partial charge in [-0.05, 0) is 62.1 Å². The van der Waals surface area contributed by atoms with Gasteiger partial charge >= 0.3 is 0 Å². The van der Waals surface area contributed by atoms with Crippen molar-refractivity contribution < 1.29 is 9.59 Å². The smallest absolute Gasteiger partial charge is 0.255 e. The van der Waals surface area contributed by atoms with E-state index in [2.05, 4.69) is 39.5 Å². The molecule has 0 radical (unpaired) electrons. The van der Waals surface area contributed by atoms with Gasteiger partial charge in [0.1, 0.15) is 0 Å². The van der Waals surface area contributed by atoms with Crippen LogP contribution < -0.4 is 5.32 Å². The van der Waals surface area contributed by atoms with E-state index in [0.717, 1.165) is 68.8 Å². The van der Waals surface area contributed by atoms with Gasteiger partial charge in [-0.1, -0.05) is 36.8 Å². The molecule has 3 atom stereocenters. The fourth-order valence-electron chi connectivity index (χ4n) is 5.89. The molecule has 3 aliphatic rings. The summed E-state index contributed by atoms with van der Waals surface area (Å²) >= 11 is 0. The molecule has 1 N–H and O–H groups in total. The van der Waals surface area contributed by atoms with Crippen LogP contribution in [0.25, 0.3) is 0 Å². The largest absolute Gasteiger partial charge is 0.349 e. The van der Waals surface area contributed by atoms with Gasteiger partial charge in [-0.15, -0.1) is 0 Å². The van der Waals surface area contributed by atoms with Gasteiger partial charge < -0.3 is 15.1 Å². The molecule has 5 rings (SSSR count). The molecule has 180 valence electrons. The maximum absolute atomic E-state index is 13.2. The number of pyridine rings is 1. The van der Waals surface area contributed by atoms with Crippen molar-refractivity contribution in [3.8, 4) is 0 Å². The number of carbonyl (C=O) groups is 2. The predicted octanol–water partition coefficient (Wildman–Crippen LogP) is 3.75. The van der Waals surface area contributed by atoms with Gasteiger partial charge in [0.2, 0.25) is 5.91 Å². The molecule has 1 aromatic carbocycles. The van der Waals surface area contributed by atoms with Gasteiger partial charge in [-0.3, -0.25) is 14.6 Å². The van der Waals surface area contributed by atoms with Gasteiger partial charge in [-0.25, -0.2) is 0 Å². The predicted molar refractivity (Wildman–Crippen MR) is 132 cm³/mol. The van der Waals surface area contributed by atoms with E-state index >= 15 is 0 Å². The first-order valence-electron chi connectivity index (χ1n) is 12.8. The van der Waals surface area contributed by atoms with Crippen LogP contribution in [0.4, 0.5) is 0 Å². The van der Waals surface area contributed by atoms with Crippen molar-refractivity contribution in [2.24, 2.45) is 17.8 Å². The van der Waals surface area contributed by atoms with E-state index in [0.29, 0.717) is 11.8 Å². The van der Waals surface area contributed by atoms with Gasteiger partial charge in [0.05, 0.1) is 17.3 Å². The molecule has 2 saturated heterocycles. The summed E-state index contributed by atoms with van der Waals surface area (Å²) < 4.78 is 0. The van der Waals surface area contributed by atoms with Crippen molar-refractivity contribution >= 4 is 11.8 Å². The number of hydrogen-bond donors (Lipinski definition) is 1. The Morgan fingerprint density at radius 2 is 1.74 bits per heavy atom. The monoisotopic (exact) mass is 460 g/mol. The second-order valence-electron chi connectivity index (χ2n) is 10.5. The molecule has 2 aliphatic heterocycles. The first kappa shape index (κ1) is 23.0. The maximum Gasteiger partial charge on any atom is 0.255 e. The minimum atomic E-state index is 0.0596. The third kappa shape index (κ3) is 4.74. The number of hydrogen-bond acceptors (Lipinski definition) is 4. The summed E-state index contributed by atoms with van der Waals surface area (Å²) in [4.78, 5) is 34.8.